The van der Waals surface area contributed by atoms with Gasteiger partial charge in [-0.3, -0.25) is 4.79 Å². The third kappa shape index (κ3) is 2.15. The van der Waals surface area contributed by atoms with Gasteiger partial charge in [-0.15, -0.1) is 0 Å². The van der Waals surface area contributed by atoms with Crippen LogP contribution in [0.1, 0.15) is 24.1 Å². The van der Waals surface area contributed by atoms with Crippen molar-refractivity contribution in [3.8, 4) is 0 Å². The molecule has 2 aromatic rings. The number of nitrogens with zero attached hydrogens (tertiary/aromatic N) is 3. The lowest BCUT2D eigenvalue weighted by Crippen LogP contribution is -2.54. The van der Waals surface area contributed by atoms with Gasteiger partial charge >= 0.3 is 0 Å². The summed E-state index contributed by atoms with van der Waals surface area (Å²) >= 11 is 5.99. The zero-order chi connectivity index (χ0) is 16.4. The zero-order valence-corrected chi connectivity index (χ0v) is 13.4. The summed E-state index contributed by atoms with van der Waals surface area (Å²) in [7, 11) is 0. The second-order valence-electron chi connectivity index (χ2n) is 6.35. The third-order valence-electron chi connectivity index (χ3n) is 4.98. The minimum atomic E-state index is -2.97. The number of alkyl halides is 2. The summed E-state index contributed by atoms with van der Waals surface area (Å²) < 4.78 is 31.0. The van der Waals surface area contributed by atoms with Gasteiger partial charge < -0.3 is 9.47 Å². The summed E-state index contributed by atoms with van der Waals surface area (Å²) in [6.07, 6.45) is 2.65. The van der Waals surface area contributed by atoms with Crippen molar-refractivity contribution in [1.29, 1.82) is 0 Å². The van der Waals surface area contributed by atoms with Gasteiger partial charge in [-0.2, -0.15) is 0 Å². The van der Waals surface area contributed by atoms with Crippen LogP contribution in [0.3, 0.4) is 0 Å². The Bertz CT molecular complexity index is 817. The number of carbonyl (C=O) groups is 1. The molecule has 0 N–H and O–H groups in total. The number of aryl methyl sites for hydroxylation is 1. The van der Waals surface area contributed by atoms with E-state index in [0.717, 1.165) is 16.6 Å². The van der Waals surface area contributed by atoms with Crippen LogP contribution in [0.4, 0.5) is 8.78 Å². The Labute approximate surface area is 137 Å². The fourth-order valence-electron chi connectivity index (χ4n) is 3.83. The van der Waals surface area contributed by atoms with Gasteiger partial charge in [0.05, 0.1) is 11.6 Å². The first-order chi connectivity index (χ1) is 10.9. The average Bonchev–Trinajstić information content (AvgIpc) is 3.00. The van der Waals surface area contributed by atoms with Crippen molar-refractivity contribution in [2.24, 2.45) is 0 Å². The summed E-state index contributed by atoms with van der Waals surface area (Å²) in [4.78, 5) is 17.5. The van der Waals surface area contributed by atoms with Crippen LogP contribution < -0.4 is 0 Å². The first kappa shape index (κ1) is 14.9. The second kappa shape index (κ2) is 4.90. The molecule has 2 aliphatic rings. The number of pyridine rings is 1. The van der Waals surface area contributed by atoms with Gasteiger partial charge in [0, 0.05) is 36.7 Å². The SMILES string of the molecule is Cc1c2n(c3ncc(Cl)cc13)CC(F)(F)C(N1CCCC1=O)C2. The molecule has 1 saturated heterocycles. The predicted octanol–water partition coefficient (Wildman–Crippen LogP) is 3.18. The highest BCUT2D eigenvalue weighted by molar-refractivity contribution is 6.31. The van der Waals surface area contributed by atoms with Gasteiger partial charge in [-0.05, 0) is 25.0 Å². The van der Waals surface area contributed by atoms with E-state index in [1.165, 1.54) is 11.1 Å². The number of carbonyl (C=O) groups excluding carboxylic acids is 1. The van der Waals surface area contributed by atoms with E-state index in [9.17, 15) is 13.6 Å². The molecular weight excluding hydrogens is 324 g/mol. The highest BCUT2D eigenvalue weighted by Gasteiger charge is 2.50. The molecular formula is C16H16ClF2N3O. The van der Waals surface area contributed by atoms with Crippen LogP contribution in [0.15, 0.2) is 12.3 Å². The molecule has 0 aromatic carbocycles. The lowest BCUT2D eigenvalue weighted by molar-refractivity contribution is -0.144. The zero-order valence-electron chi connectivity index (χ0n) is 12.7. The number of halogens is 3. The van der Waals surface area contributed by atoms with Gasteiger partial charge in [-0.1, -0.05) is 11.6 Å². The minimum Gasteiger partial charge on any atom is -0.333 e. The molecule has 0 spiro atoms. The molecule has 4 heterocycles. The molecule has 7 heteroatoms. The number of hydrogen-bond donors (Lipinski definition) is 0. The lowest BCUT2D eigenvalue weighted by atomic mass is 9.96. The van der Waals surface area contributed by atoms with Gasteiger partial charge in [-0.25, -0.2) is 13.8 Å². The van der Waals surface area contributed by atoms with E-state index in [2.05, 4.69) is 4.98 Å². The first-order valence-corrected chi connectivity index (χ1v) is 8.07. The lowest BCUT2D eigenvalue weighted by Gasteiger charge is -2.38. The Kier molecular flexibility index (Phi) is 3.17. The maximum Gasteiger partial charge on any atom is 0.285 e. The Morgan fingerprint density at radius 1 is 1.43 bits per heavy atom. The topological polar surface area (TPSA) is 38.1 Å². The average molecular weight is 340 g/mol. The highest BCUT2D eigenvalue weighted by atomic mass is 35.5. The Hall–Kier alpha value is -1.69. The molecule has 0 bridgehead atoms. The molecule has 1 fully saturated rings. The molecule has 1 atom stereocenters. The van der Waals surface area contributed by atoms with E-state index >= 15 is 0 Å². The quantitative estimate of drug-likeness (QED) is 0.800. The summed E-state index contributed by atoms with van der Waals surface area (Å²) in [6.45, 7) is 1.87. The molecule has 1 amide bonds. The predicted molar refractivity (Wildman–Crippen MR) is 82.9 cm³/mol. The minimum absolute atomic E-state index is 0.151. The van der Waals surface area contributed by atoms with Crippen molar-refractivity contribution in [2.75, 3.05) is 6.54 Å². The molecule has 4 rings (SSSR count). The first-order valence-electron chi connectivity index (χ1n) is 7.69. The van der Waals surface area contributed by atoms with Crippen molar-refractivity contribution in [2.45, 2.75) is 44.7 Å². The Balaban J connectivity index is 1.84. The maximum atomic E-state index is 14.7. The molecule has 2 aromatic heterocycles. The van der Waals surface area contributed by atoms with Crippen molar-refractivity contribution >= 4 is 28.5 Å². The second-order valence-corrected chi connectivity index (χ2v) is 6.79. The molecule has 4 nitrogen and oxygen atoms in total. The van der Waals surface area contributed by atoms with Crippen LogP contribution in [0.5, 0.6) is 0 Å². The van der Waals surface area contributed by atoms with E-state index in [-0.39, 0.29) is 12.3 Å². The van der Waals surface area contributed by atoms with Gasteiger partial charge in [0.1, 0.15) is 11.7 Å². The van der Waals surface area contributed by atoms with Gasteiger partial charge in [0.25, 0.3) is 5.92 Å². The van der Waals surface area contributed by atoms with Crippen LogP contribution in [0.2, 0.25) is 5.02 Å². The molecule has 1 unspecified atom stereocenters. The molecule has 23 heavy (non-hydrogen) atoms. The van der Waals surface area contributed by atoms with Crippen LogP contribution in [-0.4, -0.2) is 38.9 Å². The normalized spacial score (nSPS) is 23.6. The number of amides is 1. The number of rotatable bonds is 1. The van der Waals surface area contributed by atoms with Crippen LogP contribution in [-0.2, 0) is 17.8 Å². The van der Waals surface area contributed by atoms with E-state index in [1.54, 1.807) is 10.6 Å². The number of aromatic nitrogens is 2. The van der Waals surface area contributed by atoms with Crippen LogP contribution in [0, 0.1) is 6.92 Å². The molecule has 2 aliphatic heterocycles. The fourth-order valence-corrected chi connectivity index (χ4v) is 3.99. The third-order valence-corrected chi connectivity index (χ3v) is 5.19. The van der Waals surface area contributed by atoms with Crippen LogP contribution >= 0.6 is 11.6 Å². The monoisotopic (exact) mass is 339 g/mol. The highest BCUT2D eigenvalue weighted by Crippen LogP contribution is 2.39. The number of hydrogen-bond acceptors (Lipinski definition) is 2. The van der Waals surface area contributed by atoms with Crippen molar-refractivity contribution in [3.05, 3.63) is 28.5 Å². The van der Waals surface area contributed by atoms with Gasteiger partial charge in [0.15, 0.2) is 0 Å². The number of likely N-dealkylation sites (tertiary alicyclic amines) is 1. The van der Waals surface area contributed by atoms with E-state index < -0.39 is 18.5 Å². The Morgan fingerprint density at radius 3 is 2.91 bits per heavy atom. The van der Waals surface area contributed by atoms with Gasteiger partial charge in [0.2, 0.25) is 5.91 Å². The summed E-state index contributed by atoms with van der Waals surface area (Å²) in [5.74, 6) is -3.13. The molecule has 122 valence electrons. The maximum absolute atomic E-state index is 14.7. The number of fused-ring (bicyclic) bond motifs is 3. The molecule has 0 aliphatic carbocycles. The van der Waals surface area contributed by atoms with E-state index in [1.807, 2.05) is 6.92 Å². The smallest absolute Gasteiger partial charge is 0.285 e. The Morgan fingerprint density at radius 2 is 2.22 bits per heavy atom. The standard InChI is InChI=1S/C16H16ClF2N3O/c1-9-11-5-10(17)7-20-15(11)22-8-16(18,19)13(6-12(9)22)21-4-2-3-14(21)23/h5,7,13H,2-4,6,8H2,1H3. The van der Waals surface area contributed by atoms with E-state index in [4.69, 9.17) is 11.6 Å². The van der Waals surface area contributed by atoms with Crippen LogP contribution in [0.25, 0.3) is 11.0 Å². The van der Waals surface area contributed by atoms with Crippen molar-refractivity contribution in [1.82, 2.24) is 14.5 Å². The van der Waals surface area contributed by atoms with Crippen molar-refractivity contribution in [3.63, 3.8) is 0 Å². The molecule has 0 radical (unpaired) electrons. The summed E-state index contributed by atoms with van der Waals surface area (Å²) in [5, 5.41) is 1.29. The molecule has 0 saturated carbocycles. The van der Waals surface area contributed by atoms with Crippen molar-refractivity contribution < 1.29 is 13.6 Å². The fraction of sp³-hybridized carbons (Fsp3) is 0.500. The summed E-state index contributed by atoms with van der Waals surface area (Å²) in [6, 6.07) is 0.696. The van der Waals surface area contributed by atoms with E-state index in [0.29, 0.717) is 30.1 Å². The summed E-state index contributed by atoms with van der Waals surface area (Å²) in [5.41, 5.74) is 2.28. The largest absolute Gasteiger partial charge is 0.333 e.